The van der Waals surface area contributed by atoms with Crippen LogP contribution in [0.15, 0.2) is 53.6 Å². The van der Waals surface area contributed by atoms with Gasteiger partial charge in [-0.25, -0.2) is 0 Å². The minimum absolute atomic E-state index is 0.478. The zero-order valence-electron chi connectivity index (χ0n) is 18.2. The van der Waals surface area contributed by atoms with Crippen molar-refractivity contribution in [2.75, 3.05) is 6.54 Å². The summed E-state index contributed by atoms with van der Waals surface area (Å²) in [5, 5.41) is 3.68. The van der Waals surface area contributed by atoms with Crippen molar-refractivity contribution >= 4 is 0 Å². The Morgan fingerprint density at radius 3 is 2.08 bits per heavy atom. The molecule has 25 heavy (non-hydrogen) atoms. The van der Waals surface area contributed by atoms with Crippen LogP contribution in [0.4, 0.5) is 0 Å². The Balaban J connectivity index is 0. The lowest BCUT2D eigenvalue weighted by Crippen LogP contribution is -2.31. The second kappa shape index (κ2) is 19.0. The maximum Gasteiger partial charge on any atom is 0.0282 e. The Labute approximate surface area is 158 Å². The summed E-state index contributed by atoms with van der Waals surface area (Å²) in [7, 11) is 0. The van der Waals surface area contributed by atoms with Crippen LogP contribution in [-0.4, -0.2) is 12.6 Å². The second-order valence-corrected chi connectivity index (χ2v) is 5.81. The first-order chi connectivity index (χ1) is 12.2. The molecule has 0 aliphatic heterocycles. The second-order valence-electron chi connectivity index (χ2n) is 5.81. The van der Waals surface area contributed by atoms with Crippen molar-refractivity contribution in [2.45, 2.75) is 87.1 Å². The summed E-state index contributed by atoms with van der Waals surface area (Å²) in [4.78, 5) is 0. The molecule has 1 unspecified atom stereocenters. The molecule has 0 saturated heterocycles. The quantitative estimate of drug-likeness (QED) is 0.461. The lowest BCUT2D eigenvalue weighted by atomic mass is 9.99. The zero-order chi connectivity index (χ0) is 19.5. The van der Waals surface area contributed by atoms with E-state index in [1.807, 2.05) is 27.7 Å². The van der Waals surface area contributed by atoms with Crippen molar-refractivity contribution in [1.29, 1.82) is 0 Å². The first-order valence-electron chi connectivity index (χ1n) is 10.3. The van der Waals surface area contributed by atoms with Crippen LogP contribution in [0.2, 0.25) is 0 Å². The van der Waals surface area contributed by atoms with Crippen LogP contribution in [0.3, 0.4) is 0 Å². The number of benzene rings is 1. The molecule has 0 radical (unpaired) electrons. The summed E-state index contributed by atoms with van der Waals surface area (Å²) >= 11 is 0. The van der Waals surface area contributed by atoms with Crippen molar-refractivity contribution in [2.24, 2.45) is 0 Å². The summed E-state index contributed by atoms with van der Waals surface area (Å²) in [6.45, 7) is 18.0. The summed E-state index contributed by atoms with van der Waals surface area (Å²) in [5.41, 5.74) is 4.30. The lowest BCUT2D eigenvalue weighted by molar-refractivity contribution is 0.532. The van der Waals surface area contributed by atoms with Gasteiger partial charge in [0.05, 0.1) is 0 Å². The van der Waals surface area contributed by atoms with Gasteiger partial charge < -0.3 is 5.32 Å². The molecule has 1 atom stereocenters. The molecule has 0 aliphatic rings. The minimum atomic E-state index is 0.478. The Hall–Kier alpha value is -1.34. The molecule has 0 bridgehead atoms. The first-order valence-corrected chi connectivity index (χ1v) is 10.3. The highest BCUT2D eigenvalue weighted by atomic mass is 14.9. The monoisotopic (exact) mass is 345 g/mol. The Bertz CT molecular complexity index is 442. The van der Waals surface area contributed by atoms with Crippen molar-refractivity contribution in [1.82, 2.24) is 5.32 Å². The maximum atomic E-state index is 3.68. The van der Waals surface area contributed by atoms with E-state index < -0.39 is 0 Å². The molecule has 1 aromatic carbocycles. The van der Waals surface area contributed by atoms with Gasteiger partial charge >= 0.3 is 0 Å². The Morgan fingerprint density at radius 2 is 1.56 bits per heavy atom. The Kier molecular flexibility index (Phi) is 19.7. The fourth-order valence-electron chi connectivity index (χ4n) is 2.27. The normalized spacial score (nSPS) is 12.5. The van der Waals surface area contributed by atoms with Gasteiger partial charge in [-0.3, -0.25) is 0 Å². The highest BCUT2D eigenvalue weighted by Gasteiger charge is 2.09. The molecule has 1 aromatic rings. The molecule has 0 heterocycles. The van der Waals surface area contributed by atoms with Crippen molar-refractivity contribution in [3.63, 3.8) is 0 Å². The largest absolute Gasteiger partial charge is 0.310 e. The van der Waals surface area contributed by atoms with E-state index in [1.165, 1.54) is 23.1 Å². The van der Waals surface area contributed by atoms with Crippen LogP contribution in [0.5, 0.6) is 0 Å². The fourth-order valence-corrected chi connectivity index (χ4v) is 2.27. The van der Waals surface area contributed by atoms with E-state index in [0.29, 0.717) is 6.04 Å². The molecule has 0 amide bonds. The molecular weight excluding hydrogens is 302 g/mol. The number of hydrogen-bond acceptors (Lipinski definition) is 1. The highest BCUT2D eigenvalue weighted by Crippen LogP contribution is 2.12. The average molecular weight is 346 g/mol. The molecule has 1 N–H and O–H groups in total. The summed E-state index contributed by atoms with van der Waals surface area (Å²) in [6, 6.07) is 11.2. The smallest absolute Gasteiger partial charge is 0.0282 e. The number of aryl methyl sites for hydroxylation is 1. The summed E-state index contributed by atoms with van der Waals surface area (Å²) < 4.78 is 0. The number of allylic oxidation sites excluding steroid dienone is 3. The molecule has 1 rings (SSSR count). The van der Waals surface area contributed by atoms with E-state index in [0.717, 1.165) is 25.8 Å². The van der Waals surface area contributed by atoms with E-state index in [2.05, 4.69) is 75.5 Å². The average Bonchev–Trinajstić information content (AvgIpc) is 2.69. The van der Waals surface area contributed by atoms with E-state index >= 15 is 0 Å². The number of nitrogens with one attached hydrogen (secondary N) is 1. The van der Waals surface area contributed by atoms with Crippen LogP contribution in [-0.2, 0) is 6.42 Å². The van der Waals surface area contributed by atoms with Crippen LogP contribution < -0.4 is 5.32 Å². The van der Waals surface area contributed by atoms with Gasteiger partial charge in [-0.2, -0.15) is 0 Å². The van der Waals surface area contributed by atoms with E-state index in [9.17, 15) is 0 Å². The van der Waals surface area contributed by atoms with Crippen LogP contribution in [0, 0.1) is 0 Å². The lowest BCUT2D eigenvalue weighted by Gasteiger charge is -2.19. The third-order valence-corrected chi connectivity index (χ3v) is 3.94. The van der Waals surface area contributed by atoms with Crippen LogP contribution in [0.25, 0.3) is 0 Å². The summed E-state index contributed by atoms with van der Waals surface area (Å²) in [6.07, 6.45) is 9.14. The van der Waals surface area contributed by atoms with Gasteiger partial charge in [-0.15, -0.1) is 0 Å². The van der Waals surface area contributed by atoms with Crippen LogP contribution in [0.1, 0.15) is 80.2 Å². The zero-order valence-corrected chi connectivity index (χ0v) is 18.2. The van der Waals surface area contributed by atoms with Gasteiger partial charge in [-0.1, -0.05) is 95.2 Å². The molecule has 1 nitrogen and oxygen atoms in total. The van der Waals surface area contributed by atoms with Crippen molar-refractivity contribution in [3.8, 4) is 0 Å². The number of hydrogen-bond donors (Lipinski definition) is 1. The SMILES string of the molecule is CC.CC.CCCNC(CCc1ccccc1)/C(C)=C/C=C(\C)CC. The molecule has 1 heteroatoms. The van der Waals surface area contributed by atoms with E-state index in [1.54, 1.807) is 0 Å². The highest BCUT2D eigenvalue weighted by molar-refractivity contribution is 5.20. The Morgan fingerprint density at radius 1 is 0.960 bits per heavy atom. The molecule has 0 aliphatic carbocycles. The first kappa shape index (κ1) is 25.9. The fraction of sp³-hybridized carbons (Fsp3) is 0.583. The summed E-state index contributed by atoms with van der Waals surface area (Å²) in [5.74, 6) is 0. The topological polar surface area (TPSA) is 12.0 Å². The molecular formula is C24H43N. The van der Waals surface area contributed by atoms with Gasteiger partial charge in [-0.05, 0) is 51.6 Å². The van der Waals surface area contributed by atoms with E-state index in [4.69, 9.17) is 0 Å². The van der Waals surface area contributed by atoms with Gasteiger partial charge in [0.1, 0.15) is 0 Å². The molecule has 0 saturated carbocycles. The van der Waals surface area contributed by atoms with Crippen LogP contribution >= 0.6 is 0 Å². The van der Waals surface area contributed by atoms with Crippen molar-refractivity contribution < 1.29 is 0 Å². The molecule has 0 fully saturated rings. The third-order valence-electron chi connectivity index (χ3n) is 3.94. The molecule has 144 valence electrons. The van der Waals surface area contributed by atoms with Gasteiger partial charge in [0.15, 0.2) is 0 Å². The molecule has 0 spiro atoms. The molecule has 0 aromatic heterocycles. The van der Waals surface area contributed by atoms with Gasteiger partial charge in [0, 0.05) is 6.04 Å². The number of rotatable bonds is 9. The maximum absolute atomic E-state index is 3.68. The minimum Gasteiger partial charge on any atom is -0.310 e. The predicted octanol–water partition coefficient (Wildman–Crippen LogP) is 7.34. The van der Waals surface area contributed by atoms with Gasteiger partial charge in [0.2, 0.25) is 0 Å². The van der Waals surface area contributed by atoms with Crippen molar-refractivity contribution in [3.05, 3.63) is 59.2 Å². The van der Waals surface area contributed by atoms with Gasteiger partial charge in [0.25, 0.3) is 0 Å². The van der Waals surface area contributed by atoms with E-state index in [-0.39, 0.29) is 0 Å². The third kappa shape index (κ3) is 13.6. The predicted molar refractivity (Wildman–Crippen MR) is 117 cm³/mol. The standard InChI is InChI=1S/C20H31N.2C2H6/c1-5-16-21-20(18(4)13-12-17(3)6-2)15-14-19-10-8-7-9-11-19;2*1-2/h7-13,20-21H,5-6,14-16H2,1-4H3;2*1-2H3/b17-12+,18-13+;;.